The zero-order valence-corrected chi connectivity index (χ0v) is 32.2. The summed E-state index contributed by atoms with van der Waals surface area (Å²) < 4.78 is 0. The Bertz CT molecular complexity index is 3070. The predicted octanol–water partition coefficient (Wildman–Crippen LogP) is 9.72. The molecule has 59 heavy (non-hydrogen) atoms. The molecule has 0 saturated heterocycles. The molecule has 0 aromatic heterocycles. The molecule has 0 bridgehead atoms. The fourth-order valence-electron chi connectivity index (χ4n) is 10.8. The molecule has 4 heterocycles. The molecule has 5 heteroatoms. The van der Waals surface area contributed by atoms with Gasteiger partial charge in [0.25, 0.3) is 13.4 Å². The molecule has 0 spiro atoms. The number of para-hydroxylation sites is 6. The van der Waals surface area contributed by atoms with Gasteiger partial charge in [0.15, 0.2) is 0 Å². The van der Waals surface area contributed by atoms with Gasteiger partial charge in [-0.05, 0) is 86.4 Å². The number of hydrogen-bond acceptors (Lipinski definition) is 3. The molecule has 0 atom stereocenters. The molecule has 0 aliphatic carbocycles. The smallest absolute Gasteiger partial charge is 0.252 e. The van der Waals surface area contributed by atoms with Crippen molar-refractivity contribution in [2.24, 2.45) is 0 Å². The minimum absolute atomic E-state index is 0.0301. The van der Waals surface area contributed by atoms with E-state index in [2.05, 4.69) is 227 Å². The molecule has 0 amide bonds. The lowest BCUT2D eigenvalue weighted by atomic mass is 9.29. The van der Waals surface area contributed by atoms with Crippen LogP contribution in [-0.4, -0.2) is 13.4 Å². The zero-order valence-electron chi connectivity index (χ0n) is 32.2. The normalized spacial score (nSPS) is 13.6. The van der Waals surface area contributed by atoms with E-state index < -0.39 is 0 Å². The summed E-state index contributed by atoms with van der Waals surface area (Å²) in [4.78, 5) is 7.76. The van der Waals surface area contributed by atoms with Gasteiger partial charge in [0, 0.05) is 56.6 Å². The molecule has 4 aliphatic heterocycles. The van der Waals surface area contributed by atoms with Gasteiger partial charge in [0.2, 0.25) is 0 Å². The zero-order chi connectivity index (χ0) is 38.6. The van der Waals surface area contributed by atoms with Crippen LogP contribution in [0.25, 0.3) is 22.3 Å². The summed E-state index contributed by atoms with van der Waals surface area (Å²) in [6.45, 7) is 0.0875. The molecule has 3 nitrogen and oxygen atoms in total. The fraction of sp³-hybridized carbons (Fsp3) is 0. The van der Waals surface area contributed by atoms with Crippen LogP contribution >= 0.6 is 0 Å². The van der Waals surface area contributed by atoms with Crippen molar-refractivity contribution in [2.45, 2.75) is 0 Å². The standard InChI is InChI=1S/C54H35B2N3/c1-4-19-36(20-5-1)39-25-18-26-40(37-21-6-2-7-22-37)53(39)59-48-34-17-13-30-44(48)56-43-29-12-16-33-47(43)58-46-32-15-11-28-42(46)55-41-27-10-14-31-45(41)57(38-23-8-3-9-24-38)49-35-50(59)52(56)54(58)51(49)55/h1-35H. The predicted molar refractivity (Wildman–Crippen MR) is 251 cm³/mol. The first-order chi connectivity index (χ1) is 29.3. The van der Waals surface area contributed by atoms with Crippen molar-refractivity contribution in [2.75, 3.05) is 14.7 Å². The Labute approximate surface area is 345 Å². The van der Waals surface area contributed by atoms with Gasteiger partial charge in [-0.25, -0.2) is 0 Å². The molecule has 272 valence electrons. The van der Waals surface area contributed by atoms with E-state index in [0.29, 0.717) is 0 Å². The lowest BCUT2D eigenvalue weighted by molar-refractivity contribution is 1.23. The summed E-state index contributed by atoms with van der Waals surface area (Å²) in [5.41, 5.74) is 23.8. The van der Waals surface area contributed by atoms with Gasteiger partial charge < -0.3 is 14.7 Å². The highest BCUT2D eigenvalue weighted by Crippen LogP contribution is 2.52. The van der Waals surface area contributed by atoms with E-state index in [9.17, 15) is 0 Å². The van der Waals surface area contributed by atoms with Crippen molar-refractivity contribution in [3.05, 3.63) is 212 Å². The highest BCUT2D eigenvalue weighted by Gasteiger charge is 2.51. The number of hydrogen-bond donors (Lipinski definition) is 0. The van der Waals surface area contributed by atoms with Gasteiger partial charge in [0.05, 0.1) is 5.69 Å². The number of nitrogens with zero attached hydrogens (tertiary/aromatic N) is 3. The molecule has 0 radical (unpaired) electrons. The van der Waals surface area contributed by atoms with Crippen LogP contribution in [-0.2, 0) is 0 Å². The summed E-state index contributed by atoms with van der Waals surface area (Å²) in [5.74, 6) is 0. The minimum atomic E-state index is 0.0301. The van der Waals surface area contributed by atoms with Crippen LogP contribution in [0.2, 0.25) is 0 Å². The van der Waals surface area contributed by atoms with Gasteiger partial charge in [-0.3, -0.25) is 0 Å². The van der Waals surface area contributed by atoms with Crippen LogP contribution in [0, 0.1) is 0 Å². The highest BCUT2D eigenvalue weighted by molar-refractivity contribution is 7.04. The van der Waals surface area contributed by atoms with Gasteiger partial charge in [-0.15, -0.1) is 0 Å². The Morgan fingerprint density at radius 2 is 0.627 bits per heavy atom. The van der Waals surface area contributed by atoms with E-state index in [1.54, 1.807) is 0 Å². The largest absolute Gasteiger partial charge is 0.312 e. The number of rotatable bonds is 4. The maximum absolute atomic E-state index is 2.62. The second-order valence-corrected chi connectivity index (χ2v) is 16.0. The van der Waals surface area contributed by atoms with Crippen LogP contribution < -0.4 is 47.5 Å². The molecule has 9 aromatic carbocycles. The first-order valence-electron chi connectivity index (χ1n) is 20.6. The molecule has 0 fully saturated rings. The second-order valence-electron chi connectivity index (χ2n) is 16.0. The maximum Gasteiger partial charge on any atom is 0.252 e. The van der Waals surface area contributed by atoms with E-state index in [1.165, 1.54) is 101 Å². The van der Waals surface area contributed by atoms with E-state index in [1.807, 2.05) is 0 Å². The third-order valence-electron chi connectivity index (χ3n) is 13.0. The maximum atomic E-state index is 2.62. The molecule has 0 unspecified atom stereocenters. The van der Waals surface area contributed by atoms with Crippen LogP contribution in [0.3, 0.4) is 0 Å². The first-order valence-corrected chi connectivity index (χ1v) is 20.6. The average Bonchev–Trinajstić information content (AvgIpc) is 3.31. The molecule has 0 saturated carbocycles. The third-order valence-corrected chi connectivity index (χ3v) is 13.0. The Morgan fingerprint density at radius 1 is 0.271 bits per heavy atom. The topological polar surface area (TPSA) is 9.72 Å². The summed E-state index contributed by atoms with van der Waals surface area (Å²) in [5, 5.41) is 0. The van der Waals surface area contributed by atoms with Crippen LogP contribution in [0.1, 0.15) is 0 Å². The quantitative estimate of drug-likeness (QED) is 0.166. The lowest BCUT2D eigenvalue weighted by Gasteiger charge is -2.51. The van der Waals surface area contributed by atoms with Crippen molar-refractivity contribution in [3.8, 4) is 22.3 Å². The van der Waals surface area contributed by atoms with Crippen molar-refractivity contribution in [3.63, 3.8) is 0 Å². The summed E-state index contributed by atoms with van der Waals surface area (Å²) in [7, 11) is 0. The molecule has 4 aliphatic rings. The molecule has 9 aromatic rings. The lowest BCUT2D eigenvalue weighted by Crippen LogP contribution is -2.68. The molecule has 13 rings (SSSR count). The Balaban J connectivity index is 1.23. The highest BCUT2D eigenvalue weighted by atomic mass is 15.2. The van der Waals surface area contributed by atoms with Gasteiger partial charge in [-0.2, -0.15) is 0 Å². The van der Waals surface area contributed by atoms with E-state index in [4.69, 9.17) is 0 Å². The first kappa shape index (κ1) is 32.6. The summed E-state index contributed by atoms with van der Waals surface area (Å²) in [6, 6.07) is 78.7. The summed E-state index contributed by atoms with van der Waals surface area (Å²) in [6.07, 6.45) is 0. The van der Waals surface area contributed by atoms with Crippen molar-refractivity contribution < 1.29 is 0 Å². The van der Waals surface area contributed by atoms with Crippen molar-refractivity contribution >= 4 is 97.4 Å². The third kappa shape index (κ3) is 4.50. The van der Waals surface area contributed by atoms with E-state index in [0.717, 1.165) is 5.69 Å². The molecule has 0 N–H and O–H groups in total. The van der Waals surface area contributed by atoms with Crippen LogP contribution in [0.4, 0.5) is 51.2 Å². The van der Waals surface area contributed by atoms with Gasteiger partial charge >= 0.3 is 0 Å². The van der Waals surface area contributed by atoms with E-state index >= 15 is 0 Å². The van der Waals surface area contributed by atoms with Gasteiger partial charge in [0.1, 0.15) is 0 Å². The SMILES string of the molecule is c1ccc(-c2cccc(-c3ccccc3)c2N2c3ccccc3B3c4ccccc4N4c5ccccc5B5c6ccccc6N(c6ccccc6)c6cc2c3c4c65)cc1. The monoisotopic (exact) mass is 747 g/mol. The number of fused-ring (bicyclic) bond motifs is 10. The van der Waals surface area contributed by atoms with Crippen molar-refractivity contribution in [1.29, 1.82) is 0 Å². The average molecular weight is 748 g/mol. The number of benzene rings is 9. The van der Waals surface area contributed by atoms with Crippen LogP contribution in [0.15, 0.2) is 212 Å². The van der Waals surface area contributed by atoms with Gasteiger partial charge in [-0.1, -0.05) is 170 Å². The number of anilines is 9. The second kappa shape index (κ2) is 12.5. The Kier molecular flexibility index (Phi) is 6.90. The molecular formula is C54H35B2N3. The van der Waals surface area contributed by atoms with Crippen LogP contribution in [0.5, 0.6) is 0 Å². The van der Waals surface area contributed by atoms with E-state index in [-0.39, 0.29) is 13.4 Å². The Morgan fingerprint density at radius 3 is 1.08 bits per heavy atom. The fourth-order valence-corrected chi connectivity index (χ4v) is 10.8. The minimum Gasteiger partial charge on any atom is -0.312 e. The Hall–Kier alpha value is -7.49. The van der Waals surface area contributed by atoms with Crippen molar-refractivity contribution in [1.82, 2.24) is 0 Å². The summed E-state index contributed by atoms with van der Waals surface area (Å²) >= 11 is 0. The molecular weight excluding hydrogens is 712 g/mol.